The van der Waals surface area contributed by atoms with Crippen LogP contribution in [-0.4, -0.2) is 267 Å². The third kappa shape index (κ3) is 20.6. The molecule has 0 aromatic carbocycles. The summed E-state index contributed by atoms with van der Waals surface area (Å²) in [5.74, 6) is -7.69. The number of nitrogen functional groups attached to an aromatic ring is 1. The number of amides is 8. The van der Waals surface area contributed by atoms with Crippen LogP contribution in [0.5, 0.6) is 0 Å². The number of ether oxygens (including phenoxy) is 5. The number of thiazole rings is 2. The third-order valence-electron chi connectivity index (χ3n) is 15.3. The number of hydrogen-bond acceptors (Lipinski definition) is 31. The highest BCUT2D eigenvalue weighted by Gasteiger charge is 2.54. The van der Waals surface area contributed by atoms with Crippen molar-refractivity contribution in [2.24, 2.45) is 28.9 Å². The molecular weight excluding hydrogens is 1330 g/mol. The van der Waals surface area contributed by atoms with Gasteiger partial charge in [0, 0.05) is 55.2 Å². The summed E-state index contributed by atoms with van der Waals surface area (Å²) in [4.78, 5) is 131. The Morgan fingerprint density at radius 2 is 1.47 bits per heavy atom. The Morgan fingerprint density at radius 3 is 2.09 bits per heavy atom. The molecule has 96 heavy (non-hydrogen) atoms. The van der Waals surface area contributed by atoms with Crippen LogP contribution in [0, 0.1) is 12.8 Å². The second kappa shape index (κ2) is 35.8. The topological polar surface area (TPSA) is 627 Å². The smallest absolute Gasteiger partial charge is 0.404 e. The van der Waals surface area contributed by atoms with E-state index >= 15 is 4.79 Å². The summed E-state index contributed by atoms with van der Waals surface area (Å²) in [6, 6.07) is -7.85. The SMILES string of the molecule is Cc1c(N)nc(C(CC(N)=O)NC[C@H](N)C(N)=O)nc1C(=O)N[C@H](C(=O)N[C@H](C)[C@@H](O)[C@H](C)C(=O)N[C@H](C(=O)NCCc1nc(-c2nc(C(=O)NCCC[S+](C)C)cs2)cs1)[C@@H](C)O)[C@@H](O[C@@H]1O[C@@H](CO)[C@@H](O)[C@H](O)[C@@H]1O[C@H]1O[C@H](CO)[C@@H](O)[C@H](OC(N)=O)[C@@H]1O)c1cnc[nH]1. The van der Waals surface area contributed by atoms with Gasteiger partial charge in [-0.05, 0) is 31.7 Å². The molecule has 0 aliphatic carbocycles. The minimum atomic E-state index is -2.20. The zero-order valence-electron chi connectivity index (χ0n) is 52.9. The van der Waals surface area contributed by atoms with Gasteiger partial charge in [-0.25, -0.2) is 29.7 Å². The van der Waals surface area contributed by atoms with Crippen LogP contribution < -0.4 is 60.6 Å². The van der Waals surface area contributed by atoms with Crippen molar-refractivity contribution in [1.29, 1.82) is 0 Å². The molecule has 2 saturated heterocycles. The van der Waals surface area contributed by atoms with Crippen LogP contribution >= 0.6 is 22.7 Å². The number of H-pyrrole nitrogens is 1. The maximum Gasteiger partial charge on any atom is 0.404 e. The van der Waals surface area contributed by atoms with Gasteiger partial charge < -0.3 is 130 Å². The molecule has 4 aromatic rings. The lowest BCUT2D eigenvalue weighted by Crippen LogP contribution is -2.65. The number of aliphatic hydroxyl groups excluding tert-OH is 8. The number of anilines is 1. The van der Waals surface area contributed by atoms with Gasteiger partial charge in [0.25, 0.3) is 11.8 Å². The van der Waals surface area contributed by atoms with Crippen molar-refractivity contribution in [1.82, 2.24) is 61.8 Å². The number of hydrogen-bond donors (Lipinski definition) is 20. The fourth-order valence-corrected chi connectivity index (χ4v) is 12.1. The van der Waals surface area contributed by atoms with E-state index in [0.717, 1.165) is 24.7 Å². The summed E-state index contributed by atoms with van der Waals surface area (Å²) < 4.78 is 28.7. The largest absolute Gasteiger partial charge is 0.441 e. The van der Waals surface area contributed by atoms with Crippen LogP contribution in [0.2, 0.25) is 0 Å². The minimum absolute atomic E-state index is 0.00498. The van der Waals surface area contributed by atoms with Gasteiger partial charge in [-0.1, -0.05) is 6.92 Å². The first-order valence-corrected chi connectivity index (χ1v) is 33.8. The quantitative estimate of drug-likeness (QED) is 0.0150. The van der Waals surface area contributed by atoms with Gasteiger partial charge in [-0.15, -0.1) is 22.7 Å². The van der Waals surface area contributed by atoms with Gasteiger partial charge >= 0.3 is 6.09 Å². The molecule has 532 valence electrons. The Balaban J connectivity index is 1.26. The fourth-order valence-electron chi connectivity index (χ4n) is 9.80. The highest BCUT2D eigenvalue weighted by atomic mass is 32.2. The standard InChI is InChI=1S/C55H83N17O21S3/c1-20-33(69-46(72-44(20)58)25(12-31(57)76)64-13-24(56)45(59)82)50(86)71-35(41(26-14-61-19-65-26)91-54-43(39(80)37(78)29(15-73)90-54)92-53-40(81)42(93-55(60)88)38(79)30(16-74)89-53)51(87)66-22(3)36(77)21(2)47(83)70-34(23(4)75)49(85)63-10-8-32-67-28(18-94-32)52-68-27(17-95-52)48(84)62-9-7-11-96(5)6/h14,17-19,21-25,29-30,34-43,53-54,64,73-75,77-81H,7-13,15-16,56H2,1-6H3,(H13-,57,58,59,60,61,62,63,65,66,69,70,71,72,76,82,83,84,85,86,87,88)/p+1/t21-,22+,23+,24-,25?,29-,30+,34-,35-,36-,37+,38+,39-,40-,41-,42-,43-,53+,54-/m0/s1. The van der Waals surface area contributed by atoms with Crippen LogP contribution in [0.1, 0.15) is 88.8 Å². The zero-order chi connectivity index (χ0) is 71.0. The average molecular weight is 1420 g/mol. The number of aromatic amines is 1. The van der Waals surface area contributed by atoms with Crippen molar-refractivity contribution in [2.75, 3.05) is 56.8 Å². The van der Waals surface area contributed by atoms with E-state index in [0.29, 0.717) is 22.3 Å². The van der Waals surface area contributed by atoms with E-state index in [-0.39, 0.29) is 64.9 Å². The molecule has 2 aliphatic heterocycles. The van der Waals surface area contributed by atoms with Crippen LogP contribution in [-0.2, 0) is 65.0 Å². The van der Waals surface area contributed by atoms with Crippen LogP contribution in [0.15, 0.2) is 23.3 Å². The molecule has 0 radical (unpaired) electrons. The zero-order valence-corrected chi connectivity index (χ0v) is 55.3. The summed E-state index contributed by atoms with van der Waals surface area (Å²) >= 11 is 2.52. The first-order chi connectivity index (χ1) is 45.3. The number of imidazole rings is 1. The van der Waals surface area contributed by atoms with Crippen molar-refractivity contribution in [3.05, 3.63) is 56.8 Å². The normalized spacial score (nSPS) is 24.0. The van der Waals surface area contributed by atoms with Crippen LogP contribution in [0.25, 0.3) is 10.7 Å². The third-order valence-corrected chi connectivity index (χ3v) is 18.2. The van der Waals surface area contributed by atoms with Crippen LogP contribution in [0.4, 0.5) is 10.6 Å². The number of nitrogens with zero attached hydrogens (tertiary/aromatic N) is 5. The summed E-state index contributed by atoms with van der Waals surface area (Å²) in [7, 11) is 0.254. The molecule has 4 aromatic heterocycles. The number of rotatable bonds is 35. The van der Waals surface area contributed by atoms with E-state index in [1.807, 2.05) is 0 Å². The van der Waals surface area contributed by atoms with Gasteiger partial charge in [0.2, 0.25) is 29.5 Å². The summed E-state index contributed by atoms with van der Waals surface area (Å²) in [6.07, 6.45) is -20.0. The molecule has 0 bridgehead atoms. The van der Waals surface area contributed by atoms with Gasteiger partial charge in [0.15, 0.2) is 18.7 Å². The molecule has 2 aliphatic rings. The van der Waals surface area contributed by atoms with E-state index in [1.54, 1.807) is 10.8 Å². The minimum Gasteiger partial charge on any atom is -0.441 e. The Morgan fingerprint density at radius 1 is 0.781 bits per heavy atom. The van der Waals surface area contributed by atoms with E-state index in [1.165, 1.54) is 50.4 Å². The molecule has 41 heteroatoms. The average Bonchev–Trinajstić information content (AvgIpc) is 0.885. The number of nitrogens with two attached hydrogens (primary N) is 5. The van der Waals surface area contributed by atoms with Crippen molar-refractivity contribution in [3.8, 4) is 10.7 Å². The molecule has 0 spiro atoms. The van der Waals surface area contributed by atoms with Crippen molar-refractivity contribution in [2.45, 2.75) is 157 Å². The Hall–Kier alpha value is -7.30. The highest BCUT2D eigenvalue weighted by molar-refractivity contribution is 7.95. The predicted molar refractivity (Wildman–Crippen MR) is 339 cm³/mol. The first-order valence-electron chi connectivity index (χ1n) is 29.8. The second-order valence-electron chi connectivity index (χ2n) is 22.8. The Kier molecular flexibility index (Phi) is 29.0. The Bertz CT molecular complexity index is 3280. The molecule has 8 amide bonds. The molecule has 2 fully saturated rings. The maximum absolute atomic E-state index is 15.2. The second-order valence-corrected chi connectivity index (χ2v) is 27.0. The molecule has 6 rings (SSSR count). The number of nitrogens with one attached hydrogen (secondary N) is 7. The Labute approximate surface area is 559 Å². The maximum atomic E-state index is 15.2. The molecule has 6 heterocycles. The summed E-state index contributed by atoms with van der Waals surface area (Å²) in [5.41, 5.74) is 28.1. The lowest BCUT2D eigenvalue weighted by molar-refractivity contribution is -0.372. The number of primary amides is 3. The molecule has 19 atom stereocenters. The van der Waals surface area contributed by atoms with Crippen molar-refractivity contribution in [3.63, 3.8) is 0 Å². The molecule has 25 N–H and O–H groups in total. The highest BCUT2D eigenvalue weighted by Crippen LogP contribution is 2.35. The number of carbonyl (C=O) groups excluding carboxylic acids is 8. The van der Waals surface area contributed by atoms with Crippen molar-refractivity contribution < 1.29 is 103 Å². The van der Waals surface area contributed by atoms with Crippen LogP contribution in [0.3, 0.4) is 0 Å². The number of carbonyl (C=O) groups is 8. The van der Waals surface area contributed by atoms with Gasteiger partial charge in [0.1, 0.15) is 100 Å². The van der Waals surface area contributed by atoms with Gasteiger partial charge in [-0.3, -0.25) is 33.6 Å². The van der Waals surface area contributed by atoms with E-state index in [4.69, 9.17) is 52.4 Å². The van der Waals surface area contributed by atoms with Crippen molar-refractivity contribution >= 4 is 86.8 Å². The fraction of sp³-hybridized carbons (Fsp3) is 0.618. The first kappa shape index (κ1) is 77.7. The van der Waals surface area contributed by atoms with E-state index in [9.17, 15) is 74.4 Å². The van der Waals surface area contributed by atoms with Gasteiger partial charge in [0.05, 0.1) is 85.2 Å². The van der Waals surface area contributed by atoms with E-state index < -0.39 is 183 Å². The molecule has 1 unspecified atom stereocenters. The van der Waals surface area contributed by atoms with E-state index in [2.05, 4.69) is 74.3 Å². The van der Waals surface area contributed by atoms with Gasteiger partial charge in [-0.2, -0.15) is 0 Å². The monoisotopic (exact) mass is 1410 g/mol. The number of aliphatic hydroxyl groups is 8. The summed E-state index contributed by atoms with van der Waals surface area (Å²) in [5, 5.41) is 108. The molecule has 0 saturated carbocycles. The molecule has 38 nitrogen and oxygen atoms in total. The predicted octanol–water partition coefficient (Wildman–Crippen LogP) is -7.70. The lowest BCUT2D eigenvalue weighted by Gasteiger charge is -2.47. The summed E-state index contributed by atoms with van der Waals surface area (Å²) in [6.45, 7) is 3.18. The number of aromatic nitrogens is 6. The molecular formula is C55H84N17O21S3+. The lowest BCUT2D eigenvalue weighted by atomic mass is 9.96.